The third kappa shape index (κ3) is 3.26. The van der Waals surface area contributed by atoms with Gasteiger partial charge in [0.1, 0.15) is 12.4 Å². The van der Waals surface area contributed by atoms with Gasteiger partial charge in [0.15, 0.2) is 0 Å². The van der Waals surface area contributed by atoms with Crippen LogP contribution in [-0.4, -0.2) is 6.61 Å². The standard InChI is InChI=1S/C15H21ClO/c1-6-14-12(5)11(4)7-13(8-16)15(14)17-9-10(2)3/h7H,2,6,8-9H2,1,3-5H3. The summed E-state index contributed by atoms with van der Waals surface area (Å²) < 4.78 is 5.86. The predicted molar refractivity (Wildman–Crippen MR) is 75.2 cm³/mol. The summed E-state index contributed by atoms with van der Waals surface area (Å²) in [6.45, 7) is 12.8. The summed E-state index contributed by atoms with van der Waals surface area (Å²) in [5, 5.41) is 0. The van der Waals surface area contributed by atoms with Crippen LogP contribution in [0.2, 0.25) is 0 Å². The summed E-state index contributed by atoms with van der Waals surface area (Å²) in [4.78, 5) is 0. The average molecular weight is 253 g/mol. The van der Waals surface area contributed by atoms with Crippen molar-refractivity contribution >= 4 is 11.6 Å². The minimum atomic E-state index is 0.486. The van der Waals surface area contributed by atoms with Crippen LogP contribution < -0.4 is 4.74 Å². The molecule has 1 aromatic carbocycles. The molecule has 0 aliphatic carbocycles. The van der Waals surface area contributed by atoms with E-state index in [1.807, 2.05) is 6.92 Å². The molecule has 0 atom stereocenters. The van der Waals surface area contributed by atoms with Gasteiger partial charge in [-0.05, 0) is 49.5 Å². The minimum Gasteiger partial charge on any atom is -0.489 e. The molecule has 0 aliphatic rings. The maximum atomic E-state index is 6.00. The van der Waals surface area contributed by atoms with Crippen molar-refractivity contribution in [1.29, 1.82) is 0 Å². The Bertz CT molecular complexity index is 421. The summed E-state index contributed by atoms with van der Waals surface area (Å²) in [5.74, 6) is 1.44. The van der Waals surface area contributed by atoms with Gasteiger partial charge < -0.3 is 4.74 Å². The molecule has 17 heavy (non-hydrogen) atoms. The predicted octanol–water partition coefficient (Wildman–Crippen LogP) is 4.56. The van der Waals surface area contributed by atoms with E-state index >= 15 is 0 Å². The van der Waals surface area contributed by atoms with E-state index in [0.29, 0.717) is 12.5 Å². The molecule has 0 saturated heterocycles. The molecule has 0 spiro atoms. The third-order valence-corrected chi connectivity index (χ3v) is 3.25. The molecule has 0 saturated carbocycles. The van der Waals surface area contributed by atoms with Crippen LogP contribution in [0.1, 0.15) is 36.1 Å². The van der Waals surface area contributed by atoms with Crippen molar-refractivity contribution in [3.05, 3.63) is 40.5 Å². The number of benzene rings is 1. The second-order valence-electron chi connectivity index (χ2n) is 4.52. The van der Waals surface area contributed by atoms with Gasteiger partial charge in [0.05, 0.1) is 5.88 Å². The second kappa shape index (κ2) is 6.11. The monoisotopic (exact) mass is 252 g/mol. The molecule has 2 heteroatoms. The topological polar surface area (TPSA) is 9.23 Å². The van der Waals surface area contributed by atoms with E-state index in [1.165, 1.54) is 16.7 Å². The SMILES string of the molecule is C=C(C)COc1c(CCl)cc(C)c(C)c1CC. The first-order chi connectivity index (χ1) is 8.01. The zero-order valence-electron chi connectivity index (χ0n) is 11.2. The Hall–Kier alpha value is -0.950. The Balaban J connectivity index is 3.22. The summed E-state index contributed by atoms with van der Waals surface area (Å²) in [6, 6.07) is 2.12. The van der Waals surface area contributed by atoms with E-state index in [2.05, 4.69) is 33.4 Å². The molecule has 1 nitrogen and oxygen atoms in total. The van der Waals surface area contributed by atoms with Crippen LogP contribution in [0, 0.1) is 13.8 Å². The van der Waals surface area contributed by atoms with Crippen LogP contribution in [0.15, 0.2) is 18.2 Å². The highest BCUT2D eigenvalue weighted by Crippen LogP contribution is 2.31. The Morgan fingerprint density at radius 2 is 2.06 bits per heavy atom. The number of aryl methyl sites for hydroxylation is 1. The van der Waals surface area contributed by atoms with Gasteiger partial charge in [0.25, 0.3) is 0 Å². The fraction of sp³-hybridized carbons (Fsp3) is 0.467. The Morgan fingerprint density at radius 3 is 2.53 bits per heavy atom. The first-order valence-electron chi connectivity index (χ1n) is 5.96. The molecular weight excluding hydrogens is 232 g/mol. The molecule has 94 valence electrons. The lowest BCUT2D eigenvalue weighted by Crippen LogP contribution is -2.05. The molecule has 0 aromatic heterocycles. The van der Waals surface area contributed by atoms with Crippen molar-refractivity contribution < 1.29 is 4.74 Å². The van der Waals surface area contributed by atoms with Crippen molar-refractivity contribution in [1.82, 2.24) is 0 Å². The van der Waals surface area contributed by atoms with Crippen LogP contribution >= 0.6 is 11.6 Å². The molecule has 1 rings (SSSR count). The maximum Gasteiger partial charge on any atom is 0.127 e. The summed E-state index contributed by atoms with van der Waals surface area (Å²) >= 11 is 6.00. The van der Waals surface area contributed by atoms with Crippen molar-refractivity contribution in [2.24, 2.45) is 0 Å². The fourth-order valence-corrected chi connectivity index (χ4v) is 2.14. The zero-order valence-corrected chi connectivity index (χ0v) is 11.9. The molecule has 0 amide bonds. The quantitative estimate of drug-likeness (QED) is 0.551. The molecule has 0 N–H and O–H groups in total. The second-order valence-corrected chi connectivity index (χ2v) is 4.79. The van der Waals surface area contributed by atoms with Crippen molar-refractivity contribution in [2.75, 3.05) is 6.61 Å². The highest BCUT2D eigenvalue weighted by molar-refractivity contribution is 6.17. The smallest absolute Gasteiger partial charge is 0.127 e. The summed E-state index contributed by atoms with van der Waals surface area (Å²) in [7, 11) is 0. The van der Waals surface area contributed by atoms with Crippen LogP contribution in [-0.2, 0) is 12.3 Å². The van der Waals surface area contributed by atoms with Gasteiger partial charge in [0, 0.05) is 5.56 Å². The fourth-order valence-electron chi connectivity index (χ4n) is 1.94. The van der Waals surface area contributed by atoms with Gasteiger partial charge in [0.2, 0.25) is 0 Å². The molecular formula is C15H21ClO. The van der Waals surface area contributed by atoms with Crippen molar-refractivity contribution in [2.45, 2.75) is 40.0 Å². The molecule has 0 bridgehead atoms. The van der Waals surface area contributed by atoms with Gasteiger partial charge in [-0.15, -0.1) is 11.6 Å². The van der Waals surface area contributed by atoms with E-state index < -0.39 is 0 Å². The van der Waals surface area contributed by atoms with E-state index in [-0.39, 0.29) is 0 Å². The number of rotatable bonds is 5. The Kier molecular flexibility index (Phi) is 5.07. The van der Waals surface area contributed by atoms with Gasteiger partial charge in [-0.25, -0.2) is 0 Å². The van der Waals surface area contributed by atoms with E-state index in [4.69, 9.17) is 16.3 Å². The highest BCUT2D eigenvalue weighted by atomic mass is 35.5. The molecule has 0 aliphatic heterocycles. The lowest BCUT2D eigenvalue weighted by molar-refractivity contribution is 0.346. The first kappa shape index (κ1) is 14.1. The Labute approximate surface area is 109 Å². The van der Waals surface area contributed by atoms with Crippen molar-refractivity contribution in [3.8, 4) is 5.75 Å². The number of hydrogen-bond donors (Lipinski definition) is 0. The number of hydrogen-bond acceptors (Lipinski definition) is 1. The van der Waals surface area contributed by atoms with Crippen LogP contribution in [0.5, 0.6) is 5.75 Å². The molecule has 0 radical (unpaired) electrons. The van der Waals surface area contributed by atoms with E-state index in [0.717, 1.165) is 23.3 Å². The molecule has 0 fully saturated rings. The third-order valence-electron chi connectivity index (χ3n) is 2.96. The van der Waals surface area contributed by atoms with Crippen LogP contribution in [0.3, 0.4) is 0 Å². The van der Waals surface area contributed by atoms with Gasteiger partial charge in [-0.3, -0.25) is 0 Å². The minimum absolute atomic E-state index is 0.486. The molecule has 0 heterocycles. The lowest BCUT2D eigenvalue weighted by Gasteiger charge is -2.18. The normalized spacial score (nSPS) is 10.4. The largest absolute Gasteiger partial charge is 0.489 e. The maximum absolute atomic E-state index is 6.00. The average Bonchev–Trinajstić information content (AvgIpc) is 2.29. The lowest BCUT2D eigenvalue weighted by atomic mass is 9.97. The van der Waals surface area contributed by atoms with Gasteiger partial charge in [-0.2, -0.15) is 0 Å². The van der Waals surface area contributed by atoms with Crippen LogP contribution in [0.25, 0.3) is 0 Å². The molecule has 1 aromatic rings. The Morgan fingerprint density at radius 1 is 1.41 bits per heavy atom. The summed E-state index contributed by atoms with van der Waals surface area (Å²) in [5.41, 5.74) is 5.94. The van der Waals surface area contributed by atoms with E-state index in [9.17, 15) is 0 Å². The highest BCUT2D eigenvalue weighted by Gasteiger charge is 2.13. The number of ether oxygens (including phenoxy) is 1. The first-order valence-corrected chi connectivity index (χ1v) is 6.49. The van der Waals surface area contributed by atoms with Crippen molar-refractivity contribution in [3.63, 3.8) is 0 Å². The number of halogens is 1. The van der Waals surface area contributed by atoms with Gasteiger partial charge >= 0.3 is 0 Å². The number of alkyl halides is 1. The molecule has 0 unspecified atom stereocenters. The van der Waals surface area contributed by atoms with Gasteiger partial charge in [-0.1, -0.05) is 19.6 Å². The zero-order chi connectivity index (χ0) is 13.0. The van der Waals surface area contributed by atoms with E-state index in [1.54, 1.807) is 0 Å². The summed E-state index contributed by atoms with van der Waals surface area (Å²) in [6.07, 6.45) is 0.961. The van der Waals surface area contributed by atoms with Crippen LogP contribution in [0.4, 0.5) is 0 Å².